The molecule has 0 aliphatic carbocycles. The zero-order valence-electron chi connectivity index (χ0n) is 7.99. The Hall–Kier alpha value is -1.16. The Kier molecular flexibility index (Phi) is 2.63. The van der Waals surface area contributed by atoms with Gasteiger partial charge in [-0.25, -0.2) is 9.37 Å². The Morgan fingerprint density at radius 3 is 2.93 bits per heavy atom. The molecule has 1 atom stereocenters. The average Bonchev–Trinajstić information content (AvgIpc) is 2.65. The first-order chi connectivity index (χ1) is 6.79. The summed E-state index contributed by atoms with van der Waals surface area (Å²) >= 11 is 0. The monoisotopic (exact) mass is 195 g/mol. The zero-order valence-corrected chi connectivity index (χ0v) is 7.99. The molecule has 1 aromatic heterocycles. The average molecular weight is 195 g/mol. The molecule has 2 N–H and O–H groups in total. The van der Waals surface area contributed by atoms with Gasteiger partial charge in [0, 0.05) is 19.3 Å². The number of hydrogen-bond donors (Lipinski definition) is 1. The summed E-state index contributed by atoms with van der Waals surface area (Å²) in [4.78, 5) is 6.21. The third-order valence-corrected chi connectivity index (χ3v) is 2.50. The molecule has 1 aliphatic heterocycles. The smallest absolute Gasteiger partial charge is 0.128 e. The highest BCUT2D eigenvalue weighted by atomic mass is 19.1. The largest absolute Gasteiger partial charge is 0.354 e. The number of anilines is 1. The predicted octanol–water partition coefficient (Wildman–Crippen LogP) is 1.09. The number of pyridine rings is 1. The molecule has 1 aromatic rings. The maximum absolute atomic E-state index is 12.9. The van der Waals surface area contributed by atoms with Crippen molar-refractivity contribution < 1.29 is 4.39 Å². The molecule has 0 radical (unpaired) electrons. The molecule has 4 heteroatoms. The van der Waals surface area contributed by atoms with Crippen LogP contribution in [0.2, 0.25) is 0 Å². The maximum Gasteiger partial charge on any atom is 0.128 e. The lowest BCUT2D eigenvalue weighted by Gasteiger charge is -2.15. The zero-order chi connectivity index (χ0) is 9.97. The quantitative estimate of drug-likeness (QED) is 0.768. The molecular weight excluding hydrogens is 181 g/mol. The van der Waals surface area contributed by atoms with Gasteiger partial charge in [-0.2, -0.15) is 0 Å². The predicted molar refractivity (Wildman–Crippen MR) is 53.9 cm³/mol. The lowest BCUT2D eigenvalue weighted by Crippen LogP contribution is -2.21. The summed E-state index contributed by atoms with van der Waals surface area (Å²) in [5, 5.41) is 0. The number of rotatable bonds is 2. The Bertz CT molecular complexity index is 299. The molecular formula is C10H14FN3. The Labute approximate surface area is 82.7 Å². The van der Waals surface area contributed by atoms with Gasteiger partial charge in [0.1, 0.15) is 12.0 Å². The number of aromatic nitrogens is 1. The SMILES string of the molecule is NCc1ccc(N2CC[C@H](F)C2)nc1. The van der Waals surface area contributed by atoms with Crippen LogP contribution in [0, 0.1) is 0 Å². The van der Waals surface area contributed by atoms with Crippen LogP contribution in [-0.2, 0) is 6.54 Å². The van der Waals surface area contributed by atoms with Crippen molar-refractivity contribution in [1.82, 2.24) is 4.98 Å². The van der Waals surface area contributed by atoms with Crippen molar-refractivity contribution >= 4 is 5.82 Å². The number of nitrogens with zero attached hydrogens (tertiary/aromatic N) is 2. The van der Waals surface area contributed by atoms with Gasteiger partial charge < -0.3 is 10.6 Å². The molecule has 2 heterocycles. The second-order valence-corrected chi connectivity index (χ2v) is 3.56. The molecule has 3 nitrogen and oxygen atoms in total. The van der Waals surface area contributed by atoms with Crippen molar-refractivity contribution in [3.8, 4) is 0 Å². The van der Waals surface area contributed by atoms with Crippen LogP contribution in [0.3, 0.4) is 0 Å². The summed E-state index contributed by atoms with van der Waals surface area (Å²) in [7, 11) is 0. The molecule has 0 spiro atoms. The number of hydrogen-bond acceptors (Lipinski definition) is 3. The highest BCUT2D eigenvalue weighted by Crippen LogP contribution is 2.19. The summed E-state index contributed by atoms with van der Waals surface area (Å²) in [6.45, 7) is 1.73. The van der Waals surface area contributed by atoms with Crippen molar-refractivity contribution in [2.24, 2.45) is 5.73 Å². The van der Waals surface area contributed by atoms with E-state index < -0.39 is 6.17 Å². The Morgan fingerprint density at radius 1 is 1.57 bits per heavy atom. The van der Waals surface area contributed by atoms with E-state index in [4.69, 9.17) is 5.73 Å². The molecule has 0 saturated carbocycles. The maximum atomic E-state index is 12.9. The first-order valence-electron chi connectivity index (χ1n) is 4.83. The molecule has 2 rings (SSSR count). The Balaban J connectivity index is 2.09. The summed E-state index contributed by atoms with van der Waals surface area (Å²) < 4.78 is 12.9. The van der Waals surface area contributed by atoms with Crippen LogP contribution < -0.4 is 10.6 Å². The van der Waals surface area contributed by atoms with Gasteiger partial charge in [0.05, 0.1) is 6.54 Å². The number of nitrogens with two attached hydrogens (primary N) is 1. The van der Waals surface area contributed by atoms with Gasteiger partial charge in [0.15, 0.2) is 0 Å². The number of halogens is 1. The van der Waals surface area contributed by atoms with Crippen LogP contribution in [0.4, 0.5) is 10.2 Å². The van der Waals surface area contributed by atoms with E-state index in [0.29, 0.717) is 19.5 Å². The fourth-order valence-corrected chi connectivity index (χ4v) is 1.65. The summed E-state index contributed by atoms with van der Waals surface area (Å²) in [5.74, 6) is 0.849. The van der Waals surface area contributed by atoms with Gasteiger partial charge in [-0.3, -0.25) is 0 Å². The van der Waals surface area contributed by atoms with Gasteiger partial charge in [-0.1, -0.05) is 6.07 Å². The van der Waals surface area contributed by atoms with E-state index in [0.717, 1.165) is 17.9 Å². The minimum Gasteiger partial charge on any atom is -0.354 e. The second kappa shape index (κ2) is 3.92. The fourth-order valence-electron chi connectivity index (χ4n) is 1.65. The first-order valence-corrected chi connectivity index (χ1v) is 4.83. The van der Waals surface area contributed by atoms with Gasteiger partial charge >= 0.3 is 0 Å². The lowest BCUT2D eigenvalue weighted by atomic mass is 10.3. The summed E-state index contributed by atoms with van der Waals surface area (Å²) in [5.41, 5.74) is 6.47. The van der Waals surface area contributed by atoms with Crippen LogP contribution in [0.1, 0.15) is 12.0 Å². The summed E-state index contributed by atoms with van der Waals surface area (Å²) in [6, 6.07) is 3.84. The molecule has 14 heavy (non-hydrogen) atoms. The van der Waals surface area contributed by atoms with Gasteiger partial charge in [-0.15, -0.1) is 0 Å². The van der Waals surface area contributed by atoms with E-state index in [-0.39, 0.29) is 0 Å². The van der Waals surface area contributed by atoms with Crippen molar-refractivity contribution in [2.75, 3.05) is 18.0 Å². The lowest BCUT2D eigenvalue weighted by molar-refractivity contribution is 0.364. The van der Waals surface area contributed by atoms with E-state index in [9.17, 15) is 4.39 Å². The van der Waals surface area contributed by atoms with E-state index in [2.05, 4.69) is 4.98 Å². The van der Waals surface area contributed by atoms with E-state index >= 15 is 0 Å². The van der Waals surface area contributed by atoms with E-state index in [1.807, 2.05) is 17.0 Å². The van der Waals surface area contributed by atoms with Gasteiger partial charge in [0.2, 0.25) is 0 Å². The van der Waals surface area contributed by atoms with E-state index in [1.165, 1.54) is 0 Å². The molecule has 1 fully saturated rings. The molecule has 76 valence electrons. The molecule has 0 aromatic carbocycles. The molecule has 0 amide bonds. The van der Waals surface area contributed by atoms with Gasteiger partial charge in [-0.05, 0) is 18.1 Å². The first kappa shape index (κ1) is 9.40. The van der Waals surface area contributed by atoms with Crippen LogP contribution >= 0.6 is 0 Å². The third kappa shape index (κ3) is 1.85. The number of alkyl halides is 1. The molecule has 1 aliphatic rings. The van der Waals surface area contributed by atoms with Crippen molar-refractivity contribution in [3.63, 3.8) is 0 Å². The topological polar surface area (TPSA) is 42.1 Å². The second-order valence-electron chi connectivity index (χ2n) is 3.56. The van der Waals surface area contributed by atoms with Crippen LogP contribution in [0.25, 0.3) is 0 Å². The van der Waals surface area contributed by atoms with Crippen molar-refractivity contribution in [3.05, 3.63) is 23.9 Å². The van der Waals surface area contributed by atoms with Gasteiger partial charge in [0.25, 0.3) is 0 Å². The molecule has 1 saturated heterocycles. The third-order valence-electron chi connectivity index (χ3n) is 2.50. The van der Waals surface area contributed by atoms with Crippen molar-refractivity contribution in [2.45, 2.75) is 19.1 Å². The molecule has 0 bridgehead atoms. The molecule has 0 unspecified atom stereocenters. The Morgan fingerprint density at radius 2 is 2.43 bits per heavy atom. The van der Waals surface area contributed by atoms with Crippen LogP contribution in [0.15, 0.2) is 18.3 Å². The minimum atomic E-state index is -0.703. The normalized spacial score (nSPS) is 21.6. The van der Waals surface area contributed by atoms with E-state index in [1.54, 1.807) is 6.20 Å². The van der Waals surface area contributed by atoms with Crippen molar-refractivity contribution in [1.29, 1.82) is 0 Å². The standard InChI is InChI=1S/C10H14FN3/c11-9-3-4-14(7-9)10-2-1-8(5-12)6-13-10/h1-2,6,9H,3-5,7,12H2/t9-/m0/s1. The highest BCUT2D eigenvalue weighted by Gasteiger charge is 2.22. The van der Waals surface area contributed by atoms with Crippen LogP contribution in [-0.4, -0.2) is 24.2 Å². The van der Waals surface area contributed by atoms with Crippen LogP contribution in [0.5, 0.6) is 0 Å². The minimum absolute atomic E-state index is 0.467. The fraction of sp³-hybridized carbons (Fsp3) is 0.500. The highest BCUT2D eigenvalue weighted by molar-refractivity contribution is 5.40. The summed E-state index contributed by atoms with van der Waals surface area (Å²) in [6.07, 6.45) is 1.66.